The molecule has 0 saturated carbocycles. The van der Waals surface area contributed by atoms with Crippen LogP contribution >= 0.6 is 11.6 Å². The maximum Gasteiger partial charge on any atom is 0.252 e. The highest BCUT2D eigenvalue weighted by Crippen LogP contribution is 2.23. The van der Waals surface area contributed by atoms with Crippen LogP contribution in [0, 0.1) is 0 Å². The van der Waals surface area contributed by atoms with Crippen LogP contribution in [-0.2, 0) is 14.8 Å². The van der Waals surface area contributed by atoms with Crippen LogP contribution in [0.5, 0.6) is 0 Å². The van der Waals surface area contributed by atoms with Crippen molar-refractivity contribution >= 4 is 27.5 Å². The van der Waals surface area contributed by atoms with E-state index in [9.17, 15) is 13.2 Å². The number of rotatable bonds is 12. The average molecular weight is 405 g/mol. The molecule has 0 aliphatic heterocycles. The highest BCUT2D eigenvalue weighted by molar-refractivity contribution is 7.89. The van der Waals surface area contributed by atoms with E-state index in [1.165, 1.54) is 22.5 Å². The molecule has 0 spiro atoms. The monoisotopic (exact) mass is 404 g/mol. The summed E-state index contributed by atoms with van der Waals surface area (Å²) in [7, 11) is -3.64. The summed E-state index contributed by atoms with van der Waals surface area (Å²) in [6.45, 7) is 8.10. The zero-order chi connectivity index (χ0) is 19.6. The Morgan fingerprint density at radius 3 is 2.42 bits per heavy atom. The SMILES string of the molecule is CCCCOCCCNC(=O)c1cc(S(=O)(=O)N(CC)CC)ccc1Cl. The zero-order valence-electron chi connectivity index (χ0n) is 15.8. The average Bonchev–Trinajstić information content (AvgIpc) is 2.61. The summed E-state index contributed by atoms with van der Waals surface area (Å²) in [6, 6.07) is 4.21. The van der Waals surface area contributed by atoms with E-state index in [1.54, 1.807) is 13.8 Å². The van der Waals surface area contributed by atoms with Gasteiger partial charge in [0.1, 0.15) is 0 Å². The van der Waals surface area contributed by atoms with Gasteiger partial charge in [0, 0.05) is 32.8 Å². The van der Waals surface area contributed by atoms with Crippen molar-refractivity contribution in [1.82, 2.24) is 9.62 Å². The molecule has 0 radical (unpaired) electrons. The van der Waals surface area contributed by atoms with E-state index in [2.05, 4.69) is 12.2 Å². The second kappa shape index (κ2) is 11.5. The molecule has 1 aromatic rings. The first-order valence-corrected chi connectivity index (χ1v) is 10.9. The summed E-state index contributed by atoms with van der Waals surface area (Å²) >= 11 is 6.09. The number of amides is 1. The summed E-state index contributed by atoms with van der Waals surface area (Å²) in [5.41, 5.74) is 0.159. The van der Waals surface area contributed by atoms with E-state index in [0.29, 0.717) is 32.7 Å². The third-order valence-corrected chi connectivity index (χ3v) is 6.29. The molecule has 1 rings (SSSR count). The van der Waals surface area contributed by atoms with Crippen LogP contribution in [-0.4, -0.2) is 51.5 Å². The molecular weight excluding hydrogens is 376 g/mol. The van der Waals surface area contributed by atoms with Gasteiger partial charge in [0.05, 0.1) is 15.5 Å². The van der Waals surface area contributed by atoms with Gasteiger partial charge in [-0.15, -0.1) is 0 Å². The number of nitrogens with zero attached hydrogens (tertiary/aromatic N) is 1. The van der Waals surface area contributed by atoms with E-state index in [1.807, 2.05) is 0 Å². The second-order valence-electron chi connectivity index (χ2n) is 5.81. The van der Waals surface area contributed by atoms with Gasteiger partial charge in [-0.1, -0.05) is 38.8 Å². The van der Waals surface area contributed by atoms with Gasteiger partial charge < -0.3 is 10.1 Å². The van der Waals surface area contributed by atoms with E-state index in [0.717, 1.165) is 19.4 Å². The number of unbranched alkanes of at least 4 members (excludes halogenated alkanes) is 1. The van der Waals surface area contributed by atoms with Crippen molar-refractivity contribution in [2.75, 3.05) is 32.8 Å². The van der Waals surface area contributed by atoms with Gasteiger partial charge in [-0.05, 0) is 31.0 Å². The first kappa shape index (κ1) is 22.9. The number of hydrogen-bond donors (Lipinski definition) is 1. The minimum Gasteiger partial charge on any atom is -0.381 e. The van der Waals surface area contributed by atoms with Gasteiger partial charge in [0.15, 0.2) is 0 Å². The van der Waals surface area contributed by atoms with Crippen molar-refractivity contribution in [2.24, 2.45) is 0 Å². The van der Waals surface area contributed by atoms with Crippen molar-refractivity contribution < 1.29 is 17.9 Å². The third-order valence-electron chi connectivity index (χ3n) is 3.92. The maximum absolute atomic E-state index is 12.6. The number of nitrogens with one attached hydrogen (secondary N) is 1. The molecule has 6 nitrogen and oxygen atoms in total. The van der Waals surface area contributed by atoms with Crippen molar-refractivity contribution in [3.63, 3.8) is 0 Å². The number of sulfonamides is 1. The molecule has 0 bridgehead atoms. The van der Waals surface area contributed by atoms with Gasteiger partial charge in [-0.25, -0.2) is 8.42 Å². The number of hydrogen-bond acceptors (Lipinski definition) is 4. The normalized spacial score (nSPS) is 11.7. The number of carbonyl (C=O) groups is 1. The molecule has 1 amide bonds. The molecule has 1 aromatic carbocycles. The molecule has 0 heterocycles. The largest absolute Gasteiger partial charge is 0.381 e. The van der Waals surface area contributed by atoms with Gasteiger partial charge in [-0.3, -0.25) is 4.79 Å². The Balaban J connectivity index is 2.73. The predicted octanol–water partition coefficient (Wildman–Crippen LogP) is 3.31. The minimum atomic E-state index is -3.64. The smallest absolute Gasteiger partial charge is 0.252 e. The minimum absolute atomic E-state index is 0.0682. The Labute approximate surface area is 161 Å². The van der Waals surface area contributed by atoms with Crippen LogP contribution in [0.25, 0.3) is 0 Å². The molecule has 26 heavy (non-hydrogen) atoms. The van der Waals surface area contributed by atoms with Crippen LogP contribution in [0.4, 0.5) is 0 Å². The molecule has 0 saturated heterocycles. The second-order valence-corrected chi connectivity index (χ2v) is 8.15. The number of carbonyl (C=O) groups excluding carboxylic acids is 1. The molecule has 148 valence electrons. The molecule has 0 atom stereocenters. The maximum atomic E-state index is 12.6. The van der Waals surface area contributed by atoms with Crippen LogP contribution in [0.1, 0.15) is 50.4 Å². The van der Waals surface area contributed by atoms with Crippen molar-refractivity contribution in [3.05, 3.63) is 28.8 Å². The Hall–Kier alpha value is -1.15. The van der Waals surface area contributed by atoms with E-state index in [4.69, 9.17) is 16.3 Å². The molecule has 0 aromatic heterocycles. The van der Waals surface area contributed by atoms with Crippen LogP contribution < -0.4 is 5.32 Å². The number of halogens is 1. The van der Waals surface area contributed by atoms with Gasteiger partial charge in [0.25, 0.3) is 5.91 Å². The van der Waals surface area contributed by atoms with Gasteiger partial charge >= 0.3 is 0 Å². The first-order valence-electron chi connectivity index (χ1n) is 9.04. The highest BCUT2D eigenvalue weighted by Gasteiger charge is 2.23. The lowest BCUT2D eigenvalue weighted by atomic mass is 10.2. The predicted molar refractivity (Wildman–Crippen MR) is 104 cm³/mol. The first-order chi connectivity index (χ1) is 12.4. The lowest BCUT2D eigenvalue weighted by Crippen LogP contribution is -2.31. The quantitative estimate of drug-likeness (QED) is 0.542. The lowest BCUT2D eigenvalue weighted by molar-refractivity contribution is 0.0940. The molecule has 0 fully saturated rings. The lowest BCUT2D eigenvalue weighted by Gasteiger charge is -2.19. The molecule has 1 N–H and O–H groups in total. The summed E-state index contributed by atoms with van der Waals surface area (Å²) < 4.78 is 32.0. The zero-order valence-corrected chi connectivity index (χ0v) is 17.3. The number of benzene rings is 1. The molecule has 0 unspecified atom stereocenters. The van der Waals surface area contributed by atoms with Crippen molar-refractivity contribution in [2.45, 2.75) is 44.9 Å². The fourth-order valence-corrected chi connectivity index (χ4v) is 4.06. The fourth-order valence-electron chi connectivity index (χ4n) is 2.37. The molecule has 8 heteroatoms. The van der Waals surface area contributed by atoms with Crippen LogP contribution in [0.15, 0.2) is 23.1 Å². The topological polar surface area (TPSA) is 75.7 Å². The summed E-state index contributed by atoms with van der Waals surface area (Å²) in [6.07, 6.45) is 2.79. The van der Waals surface area contributed by atoms with E-state index < -0.39 is 10.0 Å². The highest BCUT2D eigenvalue weighted by atomic mass is 35.5. The Kier molecular flexibility index (Phi) is 10.2. The molecule has 0 aliphatic rings. The van der Waals surface area contributed by atoms with Crippen LogP contribution in [0.3, 0.4) is 0 Å². The Morgan fingerprint density at radius 1 is 1.15 bits per heavy atom. The molecular formula is C18H29ClN2O4S. The van der Waals surface area contributed by atoms with Crippen LogP contribution in [0.2, 0.25) is 5.02 Å². The standard InChI is InChI=1S/C18H29ClN2O4S/c1-4-7-12-25-13-8-11-20-18(22)16-14-15(9-10-17(16)19)26(23,24)21(5-2)6-3/h9-10,14H,4-8,11-13H2,1-3H3,(H,20,22). The van der Waals surface area contributed by atoms with Crippen molar-refractivity contribution in [3.8, 4) is 0 Å². The Bertz CT molecular complexity index is 676. The van der Waals surface area contributed by atoms with E-state index in [-0.39, 0.29) is 21.4 Å². The van der Waals surface area contributed by atoms with E-state index >= 15 is 0 Å². The number of ether oxygens (including phenoxy) is 1. The summed E-state index contributed by atoms with van der Waals surface area (Å²) in [5.74, 6) is -0.389. The Morgan fingerprint density at radius 2 is 1.81 bits per heavy atom. The van der Waals surface area contributed by atoms with Gasteiger partial charge in [0.2, 0.25) is 10.0 Å². The molecule has 0 aliphatic carbocycles. The van der Waals surface area contributed by atoms with Crippen molar-refractivity contribution in [1.29, 1.82) is 0 Å². The van der Waals surface area contributed by atoms with Gasteiger partial charge in [-0.2, -0.15) is 4.31 Å². The summed E-state index contributed by atoms with van der Waals surface area (Å²) in [5, 5.41) is 2.98. The fraction of sp³-hybridized carbons (Fsp3) is 0.611. The third kappa shape index (κ3) is 6.54. The summed E-state index contributed by atoms with van der Waals surface area (Å²) in [4.78, 5) is 12.4.